The van der Waals surface area contributed by atoms with E-state index in [2.05, 4.69) is 15.2 Å². The van der Waals surface area contributed by atoms with Gasteiger partial charge in [0.05, 0.1) is 19.3 Å². The van der Waals surface area contributed by atoms with Crippen LogP contribution in [0.15, 0.2) is 42.5 Å². The number of nitrogens with zero attached hydrogens (tertiary/aromatic N) is 3. The van der Waals surface area contributed by atoms with Gasteiger partial charge in [-0.25, -0.2) is 4.98 Å². The number of anilines is 1. The van der Waals surface area contributed by atoms with Crippen LogP contribution >= 0.6 is 0 Å². The second-order valence-corrected chi connectivity index (χ2v) is 7.53. The van der Waals surface area contributed by atoms with Gasteiger partial charge >= 0.3 is 0 Å². The van der Waals surface area contributed by atoms with Gasteiger partial charge in [-0.1, -0.05) is 36.4 Å². The van der Waals surface area contributed by atoms with E-state index in [4.69, 9.17) is 4.74 Å². The van der Waals surface area contributed by atoms with Crippen LogP contribution in [0.25, 0.3) is 0 Å². The van der Waals surface area contributed by atoms with Crippen molar-refractivity contribution in [2.75, 3.05) is 31.2 Å². The van der Waals surface area contributed by atoms with Gasteiger partial charge in [-0.15, -0.1) is 0 Å². The number of carbonyl (C=O) groups is 2. The van der Waals surface area contributed by atoms with Crippen LogP contribution in [0.5, 0.6) is 0 Å². The maximum atomic E-state index is 13.0. The van der Waals surface area contributed by atoms with E-state index < -0.39 is 6.04 Å². The highest BCUT2D eigenvalue weighted by atomic mass is 16.5. The van der Waals surface area contributed by atoms with Crippen LogP contribution < -0.4 is 10.2 Å². The minimum atomic E-state index is -0.574. The van der Waals surface area contributed by atoms with Crippen molar-refractivity contribution in [3.8, 4) is 0 Å². The maximum absolute atomic E-state index is 13.0. The lowest BCUT2D eigenvalue weighted by Crippen LogP contribution is -2.46. The molecule has 29 heavy (non-hydrogen) atoms. The molecular weight excluding hydrogens is 368 g/mol. The zero-order valence-corrected chi connectivity index (χ0v) is 16.8. The second-order valence-electron chi connectivity index (χ2n) is 7.53. The smallest absolute Gasteiger partial charge is 0.273 e. The Kier molecular flexibility index (Phi) is 5.49. The monoisotopic (exact) mass is 394 g/mol. The molecular formula is C22H26N4O3. The molecule has 1 aromatic carbocycles. The number of morpholine rings is 1. The van der Waals surface area contributed by atoms with E-state index in [9.17, 15) is 9.59 Å². The molecule has 4 rings (SSSR count). The molecule has 0 spiro atoms. The van der Waals surface area contributed by atoms with Gasteiger partial charge in [-0.05, 0) is 25.5 Å². The van der Waals surface area contributed by atoms with Gasteiger partial charge in [-0.3, -0.25) is 9.59 Å². The number of fused-ring (bicyclic) bond motifs is 1. The zero-order valence-electron chi connectivity index (χ0n) is 16.8. The predicted molar refractivity (Wildman–Crippen MR) is 110 cm³/mol. The third kappa shape index (κ3) is 3.96. The summed E-state index contributed by atoms with van der Waals surface area (Å²) in [6, 6.07) is 13.0. The highest BCUT2D eigenvalue weighted by molar-refractivity contribution is 5.99. The lowest BCUT2D eigenvalue weighted by Gasteiger charge is -2.28. The summed E-state index contributed by atoms with van der Waals surface area (Å²) in [5.74, 6) is 0.429. The van der Waals surface area contributed by atoms with Crippen LogP contribution in [-0.4, -0.2) is 54.0 Å². The Bertz CT molecular complexity index is 896. The molecule has 2 amide bonds. The molecule has 3 heterocycles. The number of nitrogens with one attached hydrogen (secondary N) is 1. The Morgan fingerprint density at radius 3 is 2.55 bits per heavy atom. The Balaban J connectivity index is 1.44. The number of ether oxygens (including phenoxy) is 1. The zero-order chi connectivity index (χ0) is 20.4. The van der Waals surface area contributed by atoms with E-state index in [0.29, 0.717) is 25.5 Å². The fourth-order valence-corrected chi connectivity index (χ4v) is 3.76. The van der Waals surface area contributed by atoms with Crippen LogP contribution in [0.3, 0.4) is 0 Å². The summed E-state index contributed by atoms with van der Waals surface area (Å²) in [6.07, 6.45) is 0. The molecule has 1 fully saturated rings. The molecule has 1 N–H and O–H groups in total. The summed E-state index contributed by atoms with van der Waals surface area (Å²) < 4.78 is 5.38. The quantitative estimate of drug-likeness (QED) is 0.841. The topological polar surface area (TPSA) is 74.8 Å². The van der Waals surface area contributed by atoms with E-state index in [1.807, 2.05) is 49.4 Å². The minimum Gasteiger partial charge on any atom is -0.378 e. The lowest BCUT2D eigenvalue weighted by molar-refractivity contribution is -0.125. The van der Waals surface area contributed by atoms with Crippen molar-refractivity contribution < 1.29 is 14.3 Å². The van der Waals surface area contributed by atoms with Gasteiger partial charge < -0.3 is 19.9 Å². The van der Waals surface area contributed by atoms with Gasteiger partial charge in [0.15, 0.2) is 0 Å². The average Bonchev–Trinajstić information content (AvgIpc) is 3.10. The third-order valence-corrected chi connectivity index (χ3v) is 5.61. The summed E-state index contributed by atoms with van der Waals surface area (Å²) in [5.41, 5.74) is 2.34. The SMILES string of the molecule is C[C@H](C(=O)N[C@H](C)c1ccccc1)N1Cc2ccc(N3CCOCC3)nc2C1=O. The number of amides is 2. The van der Waals surface area contributed by atoms with Crippen LogP contribution in [0.1, 0.15) is 41.5 Å². The molecule has 0 aliphatic carbocycles. The van der Waals surface area contributed by atoms with Gasteiger partial charge in [0.2, 0.25) is 5.91 Å². The van der Waals surface area contributed by atoms with Crippen molar-refractivity contribution >= 4 is 17.6 Å². The van der Waals surface area contributed by atoms with E-state index in [-0.39, 0.29) is 17.9 Å². The first-order valence-electron chi connectivity index (χ1n) is 10.0. The average molecular weight is 394 g/mol. The van der Waals surface area contributed by atoms with Gasteiger partial charge in [0.25, 0.3) is 5.91 Å². The number of rotatable bonds is 5. The Morgan fingerprint density at radius 1 is 1.10 bits per heavy atom. The molecule has 2 aliphatic heterocycles. The highest BCUT2D eigenvalue weighted by Crippen LogP contribution is 2.26. The van der Waals surface area contributed by atoms with Crippen molar-refractivity contribution in [1.82, 2.24) is 15.2 Å². The van der Waals surface area contributed by atoms with Crippen LogP contribution in [0.2, 0.25) is 0 Å². The summed E-state index contributed by atoms with van der Waals surface area (Å²) in [5, 5.41) is 3.01. The summed E-state index contributed by atoms with van der Waals surface area (Å²) in [7, 11) is 0. The molecule has 1 aromatic heterocycles. The van der Waals surface area contributed by atoms with Gasteiger partial charge in [0.1, 0.15) is 17.6 Å². The first-order chi connectivity index (χ1) is 14.0. The van der Waals surface area contributed by atoms with E-state index >= 15 is 0 Å². The van der Waals surface area contributed by atoms with Crippen molar-refractivity contribution in [2.45, 2.75) is 32.5 Å². The van der Waals surface area contributed by atoms with Crippen molar-refractivity contribution in [1.29, 1.82) is 0 Å². The second kappa shape index (κ2) is 8.21. The summed E-state index contributed by atoms with van der Waals surface area (Å²) in [4.78, 5) is 34.1. The number of pyridine rings is 1. The van der Waals surface area contributed by atoms with Crippen LogP contribution in [0, 0.1) is 0 Å². The third-order valence-electron chi connectivity index (χ3n) is 5.61. The molecule has 1 saturated heterocycles. The van der Waals surface area contributed by atoms with Gasteiger partial charge in [-0.2, -0.15) is 0 Å². The van der Waals surface area contributed by atoms with E-state index in [1.54, 1.807) is 11.8 Å². The summed E-state index contributed by atoms with van der Waals surface area (Å²) in [6.45, 7) is 6.96. The Hall–Kier alpha value is -2.93. The number of benzene rings is 1. The first-order valence-corrected chi connectivity index (χ1v) is 10.0. The molecule has 2 aromatic rings. The molecule has 2 atom stereocenters. The molecule has 0 saturated carbocycles. The fourth-order valence-electron chi connectivity index (χ4n) is 3.76. The van der Waals surface area contributed by atoms with Crippen molar-refractivity contribution in [3.63, 3.8) is 0 Å². The molecule has 0 unspecified atom stereocenters. The van der Waals surface area contributed by atoms with Crippen molar-refractivity contribution in [2.24, 2.45) is 0 Å². The Morgan fingerprint density at radius 2 is 1.83 bits per heavy atom. The number of hydrogen-bond donors (Lipinski definition) is 1. The Labute approximate surface area is 170 Å². The first kappa shape index (κ1) is 19.4. The molecule has 7 nitrogen and oxygen atoms in total. The highest BCUT2D eigenvalue weighted by Gasteiger charge is 2.36. The minimum absolute atomic E-state index is 0.128. The number of aromatic nitrogens is 1. The largest absolute Gasteiger partial charge is 0.378 e. The van der Waals surface area contributed by atoms with Gasteiger partial charge in [0, 0.05) is 25.2 Å². The molecule has 152 valence electrons. The van der Waals surface area contributed by atoms with Crippen LogP contribution in [-0.2, 0) is 16.1 Å². The predicted octanol–water partition coefficient (Wildman–Crippen LogP) is 2.14. The van der Waals surface area contributed by atoms with E-state index in [1.165, 1.54) is 0 Å². The standard InChI is InChI=1S/C22H26N4O3/c1-15(17-6-4-3-5-7-17)23-21(27)16(2)26-14-18-8-9-19(24-20(18)22(26)28)25-10-12-29-13-11-25/h3-9,15-16H,10-14H2,1-2H3,(H,23,27)/t15-,16-/m1/s1. The molecule has 0 radical (unpaired) electrons. The molecule has 7 heteroatoms. The van der Waals surface area contributed by atoms with E-state index in [0.717, 1.165) is 30.0 Å². The fraction of sp³-hybridized carbons (Fsp3) is 0.409. The summed E-state index contributed by atoms with van der Waals surface area (Å²) >= 11 is 0. The number of hydrogen-bond acceptors (Lipinski definition) is 5. The normalized spacial score (nSPS) is 18.3. The lowest BCUT2D eigenvalue weighted by atomic mass is 10.1. The molecule has 2 aliphatic rings. The van der Waals surface area contributed by atoms with Crippen LogP contribution in [0.4, 0.5) is 5.82 Å². The number of carbonyl (C=O) groups excluding carboxylic acids is 2. The van der Waals surface area contributed by atoms with Crippen molar-refractivity contribution in [3.05, 3.63) is 59.3 Å². The maximum Gasteiger partial charge on any atom is 0.273 e. The molecule has 0 bridgehead atoms.